The van der Waals surface area contributed by atoms with Crippen molar-refractivity contribution in [2.24, 2.45) is 5.92 Å². The lowest BCUT2D eigenvalue weighted by molar-refractivity contribution is -0.133. The van der Waals surface area contributed by atoms with E-state index < -0.39 is 18.2 Å². The lowest BCUT2D eigenvalue weighted by Crippen LogP contribution is -2.42. The van der Waals surface area contributed by atoms with E-state index in [1.165, 1.54) is 12.8 Å². The molecule has 1 aliphatic rings. The van der Waals surface area contributed by atoms with Crippen molar-refractivity contribution in [2.75, 3.05) is 6.61 Å². The molecule has 0 spiro atoms. The molecule has 0 aliphatic heterocycles. The maximum atomic E-state index is 12.0. The van der Waals surface area contributed by atoms with Crippen LogP contribution in [-0.4, -0.2) is 29.8 Å². The Bertz CT molecular complexity index is 473. The van der Waals surface area contributed by atoms with Crippen molar-refractivity contribution in [3.8, 4) is 0 Å². The molecular formula is C16H22ClNO3. The van der Waals surface area contributed by atoms with Crippen LogP contribution in [0.5, 0.6) is 0 Å². The van der Waals surface area contributed by atoms with Crippen LogP contribution in [0.1, 0.15) is 38.4 Å². The van der Waals surface area contributed by atoms with Gasteiger partial charge in [0.15, 0.2) is 0 Å². The summed E-state index contributed by atoms with van der Waals surface area (Å²) in [7, 11) is 0. The molecule has 3 unspecified atom stereocenters. The van der Waals surface area contributed by atoms with Crippen LogP contribution in [0.4, 0.5) is 0 Å². The molecule has 0 bridgehead atoms. The summed E-state index contributed by atoms with van der Waals surface area (Å²) in [6.07, 6.45) is 1.12. The zero-order valence-corrected chi connectivity index (χ0v) is 13.1. The monoisotopic (exact) mass is 311 g/mol. The minimum absolute atomic E-state index is 0.198. The van der Waals surface area contributed by atoms with Crippen LogP contribution in [0.25, 0.3) is 0 Å². The van der Waals surface area contributed by atoms with Crippen LogP contribution in [0.15, 0.2) is 24.3 Å². The molecule has 2 N–H and O–H groups in total. The average Bonchev–Trinajstić information content (AvgIpc) is 3.28. The van der Waals surface area contributed by atoms with Crippen molar-refractivity contribution in [3.63, 3.8) is 0 Å². The van der Waals surface area contributed by atoms with Gasteiger partial charge in [-0.1, -0.05) is 23.7 Å². The number of ether oxygens (including phenoxy) is 1. The van der Waals surface area contributed by atoms with Gasteiger partial charge in [0.25, 0.3) is 0 Å². The molecular weight excluding hydrogens is 290 g/mol. The Hall–Kier alpha value is -1.10. The van der Waals surface area contributed by atoms with Gasteiger partial charge in [0.1, 0.15) is 6.10 Å². The Morgan fingerprint density at radius 1 is 1.38 bits per heavy atom. The summed E-state index contributed by atoms with van der Waals surface area (Å²) < 4.78 is 5.52. The predicted octanol–water partition coefficient (Wildman–Crippen LogP) is 2.69. The van der Waals surface area contributed by atoms with E-state index in [2.05, 4.69) is 5.32 Å². The fourth-order valence-corrected chi connectivity index (χ4v) is 2.14. The van der Waals surface area contributed by atoms with E-state index in [-0.39, 0.29) is 5.91 Å². The Morgan fingerprint density at radius 2 is 2.00 bits per heavy atom. The molecule has 0 radical (unpaired) electrons. The molecule has 0 saturated heterocycles. The number of aliphatic hydroxyl groups is 1. The number of hydrogen-bond donors (Lipinski definition) is 2. The van der Waals surface area contributed by atoms with Crippen molar-refractivity contribution in [3.05, 3.63) is 34.9 Å². The summed E-state index contributed by atoms with van der Waals surface area (Å²) in [5.41, 5.74) is 0.721. The third-order valence-corrected chi connectivity index (χ3v) is 3.96. The molecule has 116 valence electrons. The maximum absolute atomic E-state index is 12.0. The van der Waals surface area contributed by atoms with Gasteiger partial charge in [-0.15, -0.1) is 0 Å². The molecule has 4 nitrogen and oxygen atoms in total. The lowest BCUT2D eigenvalue weighted by atomic mass is 10.0. The van der Waals surface area contributed by atoms with E-state index in [1.807, 2.05) is 0 Å². The first-order valence-corrected chi connectivity index (χ1v) is 7.70. The van der Waals surface area contributed by atoms with Crippen molar-refractivity contribution < 1.29 is 14.6 Å². The van der Waals surface area contributed by atoms with E-state index in [0.29, 0.717) is 17.5 Å². The number of carbonyl (C=O) groups excluding carboxylic acids is 1. The summed E-state index contributed by atoms with van der Waals surface area (Å²) in [6.45, 7) is 4.15. The first kappa shape index (κ1) is 16.3. The zero-order valence-electron chi connectivity index (χ0n) is 12.4. The van der Waals surface area contributed by atoms with E-state index in [9.17, 15) is 9.90 Å². The third kappa shape index (κ3) is 4.99. The summed E-state index contributed by atoms with van der Waals surface area (Å²) in [4.78, 5) is 12.0. The molecule has 1 saturated carbocycles. The second kappa shape index (κ2) is 7.25. The van der Waals surface area contributed by atoms with E-state index >= 15 is 0 Å². The highest BCUT2D eigenvalue weighted by Crippen LogP contribution is 2.29. The smallest absolute Gasteiger partial charge is 0.249 e. The summed E-state index contributed by atoms with van der Waals surface area (Å²) in [5.74, 6) is 0.425. The first-order valence-electron chi connectivity index (χ1n) is 7.33. The van der Waals surface area contributed by atoms with Crippen LogP contribution in [0.2, 0.25) is 5.02 Å². The molecule has 3 atom stereocenters. The molecule has 1 fully saturated rings. The normalized spacial score (nSPS) is 18.9. The Kier molecular flexibility index (Phi) is 5.62. The lowest BCUT2D eigenvalue weighted by Gasteiger charge is -2.22. The predicted molar refractivity (Wildman–Crippen MR) is 82.2 cm³/mol. The summed E-state index contributed by atoms with van der Waals surface area (Å²) in [6, 6.07) is 6.54. The Balaban J connectivity index is 1.82. The number of benzene rings is 1. The highest BCUT2D eigenvalue weighted by molar-refractivity contribution is 6.30. The largest absolute Gasteiger partial charge is 0.386 e. The minimum atomic E-state index is -0.776. The number of rotatable bonds is 7. The van der Waals surface area contributed by atoms with Crippen molar-refractivity contribution in [2.45, 2.75) is 44.9 Å². The topological polar surface area (TPSA) is 58.6 Å². The summed E-state index contributed by atoms with van der Waals surface area (Å²) in [5, 5.41) is 13.6. The van der Waals surface area contributed by atoms with Gasteiger partial charge in [-0.25, -0.2) is 0 Å². The maximum Gasteiger partial charge on any atom is 0.249 e. The Labute approximate surface area is 130 Å². The van der Waals surface area contributed by atoms with E-state index in [1.54, 1.807) is 38.1 Å². The van der Waals surface area contributed by atoms with Gasteiger partial charge < -0.3 is 15.2 Å². The van der Waals surface area contributed by atoms with E-state index in [0.717, 1.165) is 5.56 Å². The second-order valence-corrected chi connectivity index (χ2v) is 6.15. The molecule has 21 heavy (non-hydrogen) atoms. The number of amides is 1. The summed E-state index contributed by atoms with van der Waals surface area (Å²) >= 11 is 5.82. The van der Waals surface area contributed by atoms with Gasteiger partial charge in [-0.2, -0.15) is 0 Å². The molecule has 1 aromatic carbocycles. The number of halogens is 1. The van der Waals surface area contributed by atoms with Gasteiger partial charge in [0.05, 0.1) is 18.8 Å². The fraction of sp³-hybridized carbons (Fsp3) is 0.562. The first-order chi connectivity index (χ1) is 9.97. The molecule has 1 aromatic rings. The third-order valence-electron chi connectivity index (χ3n) is 3.70. The minimum Gasteiger partial charge on any atom is -0.386 e. The van der Waals surface area contributed by atoms with Gasteiger partial charge in [-0.3, -0.25) is 4.79 Å². The van der Waals surface area contributed by atoms with Crippen LogP contribution in [0, 0.1) is 5.92 Å². The molecule has 2 rings (SSSR count). The van der Waals surface area contributed by atoms with Gasteiger partial charge in [0.2, 0.25) is 5.91 Å². The van der Waals surface area contributed by atoms with Crippen molar-refractivity contribution in [1.29, 1.82) is 0 Å². The molecule has 1 amide bonds. The highest BCUT2D eigenvalue weighted by Gasteiger charge is 2.25. The number of carbonyl (C=O) groups is 1. The second-order valence-electron chi connectivity index (χ2n) is 5.71. The Morgan fingerprint density at radius 3 is 2.57 bits per heavy atom. The number of hydrogen-bond acceptors (Lipinski definition) is 3. The van der Waals surface area contributed by atoms with Gasteiger partial charge in [0, 0.05) is 5.02 Å². The van der Waals surface area contributed by atoms with Crippen LogP contribution < -0.4 is 5.32 Å². The number of aliphatic hydroxyl groups excluding tert-OH is 1. The molecule has 1 aliphatic carbocycles. The van der Waals surface area contributed by atoms with Gasteiger partial charge >= 0.3 is 0 Å². The van der Waals surface area contributed by atoms with Crippen molar-refractivity contribution in [1.82, 2.24) is 5.32 Å². The number of nitrogens with one attached hydrogen (secondary N) is 1. The van der Waals surface area contributed by atoms with Gasteiger partial charge in [-0.05, 0) is 50.3 Å². The van der Waals surface area contributed by atoms with Crippen molar-refractivity contribution >= 4 is 17.5 Å². The quantitative estimate of drug-likeness (QED) is 0.814. The fourth-order valence-electron chi connectivity index (χ4n) is 2.01. The SMILES string of the molecule is CC(OCC1CC1)C(=O)NC(C)C(O)c1ccc(Cl)cc1. The molecule has 0 aromatic heterocycles. The van der Waals surface area contributed by atoms with Crippen LogP contribution >= 0.6 is 11.6 Å². The molecule has 5 heteroatoms. The standard InChI is InChI=1S/C16H22ClNO3/c1-10(15(19)13-5-7-14(17)8-6-13)18-16(20)11(2)21-9-12-3-4-12/h5-8,10-12,15,19H,3-4,9H2,1-2H3,(H,18,20). The van der Waals surface area contributed by atoms with E-state index in [4.69, 9.17) is 16.3 Å². The average molecular weight is 312 g/mol. The highest BCUT2D eigenvalue weighted by atomic mass is 35.5. The van der Waals surface area contributed by atoms with Crippen LogP contribution in [-0.2, 0) is 9.53 Å². The zero-order chi connectivity index (χ0) is 15.4. The molecule has 0 heterocycles. The van der Waals surface area contributed by atoms with Crippen LogP contribution in [0.3, 0.4) is 0 Å².